The summed E-state index contributed by atoms with van der Waals surface area (Å²) in [6, 6.07) is 1.50. The predicted molar refractivity (Wildman–Crippen MR) is 47.1 cm³/mol. The first-order valence-corrected chi connectivity index (χ1v) is 3.90. The largest absolute Gasteiger partial charge is 0.457 e. The van der Waals surface area contributed by atoms with Crippen molar-refractivity contribution >= 4 is 11.6 Å². The van der Waals surface area contributed by atoms with E-state index in [2.05, 4.69) is 5.32 Å². The number of furan rings is 1. The number of carbonyl (C=O) groups excluding carboxylic acids is 1. The minimum atomic E-state index is -0.583. The number of amides is 1. The lowest BCUT2D eigenvalue weighted by Crippen LogP contribution is -2.30. The molecule has 0 radical (unpaired) electrons. The van der Waals surface area contributed by atoms with Crippen molar-refractivity contribution in [3.8, 4) is 0 Å². The van der Waals surface area contributed by atoms with Crippen LogP contribution in [-0.2, 0) is 0 Å². The summed E-state index contributed by atoms with van der Waals surface area (Å²) < 4.78 is 4.84. The van der Waals surface area contributed by atoms with E-state index >= 15 is 0 Å². The Balaban J connectivity index is 2.54. The lowest BCUT2D eigenvalue weighted by Gasteiger charge is -2.05. The van der Waals surface area contributed by atoms with Crippen molar-refractivity contribution in [2.24, 2.45) is 0 Å². The number of nitrogens with two attached hydrogens (primary N) is 1. The van der Waals surface area contributed by atoms with Crippen molar-refractivity contribution in [2.75, 3.05) is 12.3 Å². The van der Waals surface area contributed by atoms with Crippen LogP contribution in [0.5, 0.6) is 0 Å². The summed E-state index contributed by atoms with van der Waals surface area (Å²) in [5.74, 6) is -0.330. The monoisotopic (exact) mass is 184 g/mol. The molecule has 1 rings (SSSR count). The first kappa shape index (κ1) is 9.60. The van der Waals surface area contributed by atoms with Gasteiger partial charge in [0, 0.05) is 12.6 Å². The first-order chi connectivity index (χ1) is 6.11. The van der Waals surface area contributed by atoms with Crippen LogP contribution in [0.4, 0.5) is 5.69 Å². The molecule has 0 fully saturated rings. The summed E-state index contributed by atoms with van der Waals surface area (Å²) in [6.07, 6.45) is 0.757. The Labute approximate surface area is 75.5 Å². The van der Waals surface area contributed by atoms with Gasteiger partial charge in [-0.05, 0) is 6.92 Å². The van der Waals surface area contributed by atoms with E-state index in [0.29, 0.717) is 5.69 Å². The van der Waals surface area contributed by atoms with Crippen molar-refractivity contribution in [1.29, 1.82) is 0 Å². The molecule has 1 heterocycles. The molecule has 1 aromatic heterocycles. The van der Waals surface area contributed by atoms with Crippen LogP contribution in [0.2, 0.25) is 0 Å². The molecular formula is C8H12N2O3. The van der Waals surface area contributed by atoms with Crippen LogP contribution in [0.15, 0.2) is 16.7 Å². The fraction of sp³-hybridized carbons (Fsp3) is 0.375. The molecule has 4 N–H and O–H groups in total. The SMILES string of the molecule is C[C@@H](O)CNC(=O)c1occc1N. The van der Waals surface area contributed by atoms with Gasteiger partial charge in [0.05, 0.1) is 18.1 Å². The van der Waals surface area contributed by atoms with E-state index in [-0.39, 0.29) is 12.3 Å². The molecule has 1 amide bonds. The third kappa shape index (κ3) is 2.48. The zero-order valence-corrected chi connectivity index (χ0v) is 7.28. The van der Waals surface area contributed by atoms with Crippen LogP contribution >= 0.6 is 0 Å². The van der Waals surface area contributed by atoms with Gasteiger partial charge in [0.2, 0.25) is 5.76 Å². The standard InChI is InChI=1S/C8H12N2O3/c1-5(11)4-10-8(12)7-6(9)2-3-13-7/h2-3,5,11H,4,9H2,1H3,(H,10,12)/t5-/m1/s1. The van der Waals surface area contributed by atoms with Gasteiger partial charge < -0.3 is 20.6 Å². The highest BCUT2D eigenvalue weighted by Gasteiger charge is 2.12. The molecule has 0 saturated heterocycles. The Kier molecular flexibility index (Phi) is 2.92. The molecule has 0 unspecified atom stereocenters. The molecule has 0 aliphatic carbocycles. The average Bonchev–Trinajstić information content (AvgIpc) is 2.47. The van der Waals surface area contributed by atoms with Crippen LogP contribution in [0.1, 0.15) is 17.5 Å². The molecule has 0 aliphatic heterocycles. The van der Waals surface area contributed by atoms with Gasteiger partial charge in [-0.25, -0.2) is 0 Å². The number of hydrogen-bond acceptors (Lipinski definition) is 4. The molecule has 1 atom stereocenters. The number of rotatable bonds is 3. The highest BCUT2D eigenvalue weighted by atomic mass is 16.3. The summed E-state index contributed by atoms with van der Waals surface area (Å²) in [5, 5.41) is 11.4. The van der Waals surface area contributed by atoms with Crippen molar-refractivity contribution in [1.82, 2.24) is 5.32 Å². The van der Waals surface area contributed by atoms with Gasteiger partial charge in [0.1, 0.15) is 0 Å². The van der Waals surface area contributed by atoms with Crippen LogP contribution < -0.4 is 11.1 Å². The van der Waals surface area contributed by atoms with E-state index in [1.54, 1.807) is 6.92 Å². The summed E-state index contributed by atoms with van der Waals surface area (Å²) in [4.78, 5) is 11.2. The van der Waals surface area contributed by atoms with Gasteiger partial charge in [0.15, 0.2) is 0 Å². The van der Waals surface area contributed by atoms with E-state index in [0.717, 1.165) is 0 Å². The average molecular weight is 184 g/mol. The number of carbonyl (C=O) groups is 1. The van der Waals surface area contributed by atoms with Crippen molar-refractivity contribution in [2.45, 2.75) is 13.0 Å². The first-order valence-electron chi connectivity index (χ1n) is 3.90. The third-order valence-electron chi connectivity index (χ3n) is 1.46. The van der Waals surface area contributed by atoms with Crippen LogP contribution in [0, 0.1) is 0 Å². The zero-order chi connectivity index (χ0) is 9.84. The van der Waals surface area contributed by atoms with Gasteiger partial charge in [0.25, 0.3) is 5.91 Å². The second-order valence-corrected chi connectivity index (χ2v) is 2.76. The number of nitrogens with one attached hydrogen (secondary N) is 1. The van der Waals surface area contributed by atoms with E-state index in [9.17, 15) is 4.79 Å². The summed E-state index contributed by atoms with van der Waals surface area (Å²) >= 11 is 0. The summed E-state index contributed by atoms with van der Waals surface area (Å²) in [5.41, 5.74) is 5.73. The Hall–Kier alpha value is -1.49. The van der Waals surface area contributed by atoms with Gasteiger partial charge in [-0.1, -0.05) is 0 Å². The van der Waals surface area contributed by atoms with Crippen LogP contribution in [-0.4, -0.2) is 23.7 Å². The summed E-state index contributed by atoms with van der Waals surface area (Å²) in [7, 11) is 0. The molecule has 0 aliphatic rings. The maximum absolute atomic E-state index is 11.2. The highest BCUT2D eigenvalue weighted by Crippen LogP contribution is 2.11. The van der Waals surface area contributed by atoms with Crippen LogP contribution in [0.25, 0.3) is 0 Å². The van der Waals surface area contributed by atoms with Gasteiger partial charge in [-0.2, -0.15) is 0 Å². The normalized spacial score (nSPS) is 12.5. The number of anilines is 1. The second-order valence-electron chi connectivity index (χ2n) is 2.76. The van der Waals surface area contributed by atoms with E-state index in [1.807, 2.05) is 0 Å². The van der Waals surface area contributed by atoms with E-state index in [4.69, 9.17) is 15.3 Å². The van der Waals surface area contributed by atoms with Crippen LogP contribution in [0.3, 0.4) is 0 Å². The third-order valence-corrected chi connectivity index (χ3v) is 1.46. The van der Waals surface area contributed by atoms with Crippen molar-refractivity contribution in [3.05, 3.63) is 18.1 Å². The Morgan fingerprint density at radius 2 is 2.54 bits per heavy atom. The number of hydrogen-bond donors (Lipinski definition) is 3. The maximum Gasteiger partial charge on any atom is 0.289 e. The number of aliphatic hydroxyl groups is 1. The van der Waals surface area contributed by atoms with Gasteiger partial charge in [-0.15, -0.1) is 0 Å². The van der Waals surface area contributed by atoms with Crippen molar-refractivity contribution in [3.63, 3.8) is 0 Å². The molecule has 1 aromatic rings. The maximum atomic E-state index is 11.2. The molecule has 0 spiro atoms. The Morgan fingerprint density at radius 1 is 1.85 bits per heavy atom. The smallest absolute Gasteiger partial charge is 0.289 e. The fourth-order valence-corrected chi connectivity index (χ4v) is 0.824. The van der Waals surface area contributed by atoms with Gasteiger partial charge >= 0.3 is 0 Å². The quantitative estimate of drug-likeness (QED) is 0.615. The predicted octanol–water partition coefficient (Wildman–Crippen LogP) is -0.0276. The van der Waals surface area contributed by atoms with E-state index < -0.39 is 12.0 Å². The minimum absolute atomic E-state index is 0.0839. The molecule has 0 bridgehead atoms. The molecular weight excluding hydrogens is 172 g/mol. The van der Waals surface area contributed by atoms with Crippen molar-refractivity contribution < 1.29 is 14.3 Å². The topological polar surface area (TPSA) is 88.5 Å². The zero-order valence-electron chi connectivity index (χ0n) is 7.28. The van der Waals surface area contributed by atoms with E-state index in [1.165, 1.54) is 12.3 Å². The second kappa shape index (κ2) is 3.95. The fourth-order valence-electron chi connectivity index (χ4n) is 0.824. The highest BCUT2D eigenvalue weighted by molar-refractivity contribution is 5.96. The van der Waals surface area contributed by atoms with Gasteiger partial charge in [-0.3, -0.25) is 4.79 Å². The lowest BCUT2D eigenvalue weighted by molar-refractivity contribution is 0.0898. The number of nitrogen functional groups attached to an aromatic ring is 1. The number of aliphatic hydroxyl groups excluding tert-OH is 1. The molecule has 5 nitrogen and oxygen atoms in total. The molecule has 5 heteroatoms. The summed E-state index contributed by atoms with van der Waals surface area (Å²) in [6.45, 7) is 1.75. The Morgan fingerprint density at radius 3 is 3.00 bits per heavy atom. The molecule has 0 saturated carbocycles. The lowest BCUT2D eigenvalue weighted by atomic mass is 10.3. The minimum Gasteiger partial charge on any atom is -0.457 e. The molecule has 0 aromatic carbocycles. The Bertz CT molecular complexity index is 293. The molecule has 13 heavy (non-hydrogen) atoms. The molecule has 72 valence electrons.